The van der Waals surface area contributed by atoms with Crippen molar-refractivity contribution in [2.45, 2.75) is 19.9 Å². The normalized spacial score (nSPS) is 12.4. The molecule has 26 heavy (non-hydrogen) atoms. The first-order valence-electron chi connectivity index (χ1n) is 7.81. The summed E-state index contributed by atoms with van der Waals surface area (Å²) < 4.78 is 1.61. The zero-order valence-electron chi connectivity index (χ0n) is 13.9. The molecule has 0 unspecified atom stereocenters. The number of rotatable bonds is 4. The Hall–Kier alpha value is -2.78. The first-order chi connectivity index (χ1) is 12.5. The van der Waals surface area contributed by atoms with Gasteiger partial charge in [0.2, 0.25) is 0 Å². The van der Waals surface area contributed by atoms with Crippen LogP contribution >= 0.6 is 22.9 Å². The number of thiazole rings is 1. The van der Waals surface area contributed by atoms with Crippen LogP contribution < -0.4 is 10.9 Å². The number of aromatic amines is 1. The third-order valence-electron chi connectivity index (χ3n) is 3.97. The zero-order chi connectivity index (χ0) is 18.3. The molecule has 4 rings (SSSR count). The van der Waals surface area contributed by atoms with Crippen LogP contribution in [0.25, 0.3) is 15.9 Å². The highest BCUT2D eigenvalue weighted by atomic mass is 35.5. The van der Waals surface area contributed by atoms with Crippen LogP contribution in [0.1, 0.15) is 24.4 Å². The number of aryl methyl sites for hydroxylation is 1. The van der Waals surface area contributed by atoms with E-state index in [1.165, 1.54) is 11.3 Å². The highest BCUT2D eigenvalue weighted by Gasteiger charge is 2.14. The number of hydrogen-bond donors (Lipinski definition) is 2. The minimum Gasteiger partial charge on any atom is -0.355 e. The molecule has 132 valence electrons. The van der Waals surface area contributed by atoms with Gasteiger partial charge in [-0.25, -0.2) is 4.98 Å². The molecule has 0 aliphatic carbocycles. The van der Waals surface area contributed by atoms with Crippen LogP contribution in [0.2, 0.25) is 5.02 Å². The van der Waals surface area contributed by atoms with E-state index in [2.05, 4.69) is 30.8 Å². The molecular weight excluding hydrogens is 374 g/mol. The summed E-state index contributed by atoms with van der Waals surface area (Å²) in [6, 6.07) is 6.97. The number of halogens is 1. The average Bonchev–Trinajstić information content (AvgIpc) is 3.23. The topological polar surface area (TPSA) is 101 Å². The standard InChI is InChI=1S/C16H14ClN7OS/c1-8(12-6-10-5-11(17)3-4-13(10)20-15(12)25)19-16-18-7-14(26-16)24-9(2)21-22-23-24/h3-8H,1-2H3,(H,18,19)(H,20,25)/t8-/m0/s1. The number of H-pyrrole nitrogens is 1. The second-order valence-electron chi connectivity index (χ2n) is 5.79. The van der Waals surface area contributed by atoms with Gasteiger partial charge in [0, 0.05) is 21.5 Å². The van der Waals surface area contributed by atoms with Crippen LogP contribution in [0.5, 0.6) is 0 Å². The number of nitrogens with zero attached hydrogens (tertiary/aromatic N) is 5. The van der Waals surface area contributed by atoms with Crippen molar-refractivity contribution in [2.75, 3.05) is 5.32 Å². The first-order valence-corrected chi connectivity index (χ1v) is 9.01. The Morgan fingerprint density at radius 3 is 2.96 bits per heavy atom. The number of nitrogens with one attached hydrogen (secondary N) is 2. The monoisotopic (exact) mass is 387 g/mol. The van der Waals surface area contributed by atoms with E-state index in [1.54, 1.807) is 23.0 Å². The molecule has 8 nitrogen and oxygen atoms in total. The van der Waals surface area contributed by atoms with E-state index in [9.17, 15) is 4.79 Å². The Kier molecular flexibility index (Phi) is 4.17. The molecule has 0 spiro atoms. The van der Waals surface area contributed by atoms with Crippen LogP contribution in [0.15, 0.2) is 35.3 Å². The van der Waals surface area contributed by atoms with Crippen molar-refractivity contribution < 1.29 is 0 Å². The summed E-state index contributed by atoms with van der Waals surface area (Å²) in [5.74, 6) is 0.677. The quantitative estimate of drug-likeness (QED) is 0.558. The van der Waals surface area contributed by atoms with Gasteiger partial charge in [-0.2, -0.15) is 4.68 Å². The molecule has 10 heteroatoms. The van der Waals surface area contributed by atoms with Crippen molar-refractivity contribution in [2.24, 2.45) is 0 Å². The molecule has 1 atom stereocenters. The SMILES string of the molecule is Cc1nnnn1-c1cnc(N[C@@H](C)c2cc3cc(Cl)ccc3[nH]c2=O)s1. The highest BCUT2D eigenvalue weighted by molar-refractivity contribution is 7.17. The van der Waals surface area contributed by atoms with E-state index in [0.717, 1.165) is 15.9 Å². The maximum atomic E-state index is 12.4. The Morgan fingerprint density at radius 1 is 1.35 bits per heavy atom. The molecule has 0 aliphatic heterocycles. The van der Waals surface area contributed by atoms with Gasteiger partial charge in [-0.15, -0.1) is 5.10 Å². The van der Waals surface area contributed by atoms with Crippen LogP contribution in [0.3, 0.4) is 0 Å². The molecule has 0 bridgehead atoms. The third-order valence-corrected chi connectivity index (χ3v) is 5.11. The number of anilines is 1. The number of aromatic nitrogens is 6. The molecule has 0 fully saturated rings. The lowest BCUT2D eigenvalue weighted by molar-refractivity contribution is 0.788. The molecule has 3 aromatic heterocycles. The van der Waals surface area contributed by atoms with Crippen molar-refractivity contribution in [3.8, 4) is 5.00 Å². The zero-order valence-corrected chi connectivity index (χ0v) is 15.5. The fraction of sp³-hybridized carbons (Fsp3) is 0.188. The van der Waals surface area contributed by atoms with Gasteiger partial charge in [-0.1, -0.05) is 22.9 Å². The molecule has 4 aromatic rings. The van der Waals surface area contributed by atoms with E-state index >= 15 is 0 Å². The maximum absolute atomic E-state index is 12.4. The van der Waals surface area contributed by atoms with E-state index in [-0.39, 0.29) is 11.6 Å². The van der Waals surface area contributed by atoms with Crippen LogP contribution in [-0.2, 0) is 0 Å². The molecular formula is C16H14ClN7OS. The second-order valence-corrected chi connectivity index (χ2v) is 7.24. The van der Waals surface area contributed by atoms with Crippen molar-refractivity contribution in [1.29, 1.82) is 0 Å². The number of pyridine rings is 1. The average molecular weight is 388 g/mol. The van der Waals surface area contributed by atoms with E-state index in [1.807, 2.05) is 26.0 Å². The second kappa shape index (κ2) is 6.50. The van der Waals surface area contributed by atoms with E-state index in [4.69, 9.17) is 11.6 Å². The van der Waals surface area contributed by atoms with Crippen molar-refractivity contribution >= 4 is 39.0 Å². The van der Waals surface area contributed by atoms with Gasteiger partial charge in [0.15, 0.2) is 11.0 Å². The van der Waals surface area contributed by atoms with Gasteiger partial charge >= 0.3 is 0 Å². The summed E-state index contributed by atoms with van der Waals surface area (Å²) in [6.07, 6.45) is 1.69. The lowest BCUT2D eigenvalue weighted by atomic mass is 10.1. The summed E-state index contributed by atoms with van der Waals surface area (Å²) >= 11 is 7.45. The van der Waals surface area contributed by atoms with E-state index in [0.29, 0.717) is 21.5 Å². The van der Waals surface area contributed by atoms with Crippen LogP contribution in [-0.4, -0.2) is 30.2 Å². The minimum absolute atomic E-state index is 0.145. The number of fused-ring (bicyclic) bond motifs is 1. The fourth-order valence-electron chi connectivity index (χ4n) is 2.64. The molecule has 0 aliphatic rings. The number of tetrazole rings is 1. The molecule has 3 heterocycles. The smallest absolute Gasteiger partial charge is 0.253 e. The molecule has 0 radical (unpaired) electrons. The van der Waals surface area contributed by atoms with Crippen LogP contribution in [0.4, 0.5) is 5.13 Å². The number of hydrogen-bond acceptors (Lipinski definition) is 7. The van der Waals surface area contributed by atoms with Gasteiger partial charge in [0.05, 0.1) is 12.2 Å². The Labute approximate surface area is 156 Å². The molecule has 0 saturated carbocycles. The Bertz CT molecular complexity index is 1150. The van der Waals surface area contributed by atoms with Gasteiger partial charge in [-0.05, 0) is 48.5 Å². The molecule has 0 saturated heterocycles. The molecule has 1 aromatic carbocycles. The largest absolute Gasteiger partial charge is 0.355 e. The summed E-state index contributed by atoms with van der Waals surface area (Å²) in [5.41, 5.74) is 1.21. The van der Waals surface area contributed by atoms with Crippen LogP contribution in [0, 0.1) is 6.92 Å². The highest BCUT2D eigenvalue weighted by Crippen LogP contribution is 2.26. The first kappa shape index (κ1) is 16.7. The summed E-state index contributed by atoms with van der Waals surface area (Å²) in [7, 11) is 0. The molecule has 2 N–H and O–H groups in total. The van der Waals surface area contributed by atoms with Gasteiger partial charge in [-0.3, -0.25) is 4.79 Å². The predicted octanol–water partition coefficient (Wildman–Crippen LogP) is 3.10. The minimum atomic E-state index is -0.240. The Balaban J connectivity index is 1.62. The molecule has 0 amide bonds. The third kappa shape index (κ3) is 3.06. The fourth-order valence-corrected chi connectivity index (χ4v) is 3.72. The Morgan fingerprint density at radius 2 is 2.19 bits per heavy atom. The van der Waals surface area contributed by atoms with Crippen molar-refractivity contribution in [3.05, 3.63) is 57.2 Å². The summed E-state index contributed by atoms with van der Waals surface area (Å²) in [5, 5.41) is 17.6. The van der Waals surface area contributed by atoms with Crippen molar-refractivity contribution in [3.63, 3.8) is 0 Å². The lowest BCUT2D eigenvalue weighted by Crippen LogP contribution is -2.19. The lowest BCUT2D eigenvalue weighted by Gasteiger charge is -2.13. The van der Waals surface area contributed by atoms with E-state index < -0.39 is 0 Å². The number of benzene rings is 1. The van der Waals surface area contributed by atoms with Gasteiger partial charge in [0.1, 0.15) is 5.00 Å². The summed E-state index contributed by atoms with van der Waals surface area (Å²) in [4.78, 5) is 19.6. The van der Waals surface area contributed by atoms with Crippen molar-refractivity contribution in [1.82, 2.24) is 30.2 Å². The van der Waals surface area contributed by atoms with Gasteiger partial charge < -0.3 is 10.3 Å². The van der Waals surface area contributed by atoms with Gasteiger partial charge in [0.25, 0.3) is 5.56 Å². The maximum Gasteiger partial charge on any atom is 0.253 e. The summed E-state index contributed by atoms with van der Waals surface area (Å²) in [6.45, 7) is 3.72. The predicted molar refractivity (Wildman–Crippen MR) is 101 cm³/mol.